The molecule has 0 spiro atoms. The van der Waals surface area contributed by atoms with Crippen LogP contribution >= 0.6 is 7.52 Å². The lowest BCUT2D eigenvalue weighted by atomic mass is 10.0. The van der Waals surface area contributed by atoms with Crippen molar-refractivity contribution in [2.24, 2.45) is 0 Å². The molecule has 2 aromatic carbocycles. The molecule has 28 heavy (non-hydrogen) atoms. The fourth-order valence-corrected chi connectivity index (χ4v) is 5.43. The summed E-state index contributed by atoms with van der Waals surface area (Å²) in [4.78, 5) is 14.1. The van der Waals surface area contributed by atoms with E-state index in [1.165, 1.54) is 5.56 Å². The number of hydrogen-bond acceptors (Lipinski definition) is 3. The second kappa shape index (κ2) is 8.93. The van der Waals surface area contributed by atoms with Crippen LogP contribution in [0.1, 0.15) is 43.4 Å². The SMILES string of the molecule is CCCN1C(=O)CCc2cc(NP(=O)(Cc3ccc(C)cc3)OCC)ccc21. The van der Waals surface area contributed by atoms with Crippen LogP contribution in [-0.2, 0) is 26.5 Å². The Labute approximate surface area is 167 Å². The number of hydrogen-bond donors (Lipinski definition) is 1. The molecule has 0 bridgehead atoms. The van der Waals surface area contributed by atoms with Gasteiger partial charge in [0.1, 0.15) is 0 Å². The van der Waals surface area contributed by atoms with Gasteiger partial charge in [-0.2, -0.15) is 0 Å². The molecule has 1 N–H and O–H groups in total. The van der Waals surface area contributed by atoms with Crippen LogP contribution in [0.3, 0.4) is 0 Å². The Morgan fingerprint density at radius 2 is 1.86 bits per heavy atom. The molecular formula is C22H29N2O3P. The Morgan fingerprint density at radius 1 is 1.11 bits per heavy atom. The zero-order chi connectivity index (χ0) is 20.1. The minimum absolute atomic E-state index is 0.175. The molecule has 3 rings (SSSR count). The van der Waals surface area contributed by atoms with Crippen molar-refractivity contribution in [1.82, 2.24) is 0 Å². The molecular weight excluding hydrogens is 371 g/mol. The molecule has 1 unspecified atom stereocenters. The Balaban J connectivity index is 1.82. The molecule has 6 heteroatoms. The number of anilines is 2. The fraction of sp³-hybridized carbons (Fsp3) is 0.409. The number of nitrogens with zero attached hydrogens (tertiary/aromatic N) is 1. The molecule has 0 saturated carbocycles. The minimum atomic E-state index is -3.08. The Kier molecular flexibility index (Phi) is 6.58. The van der Waals surface area contributed by atoms with Gasteiger partial charge >= 0.3 is 0 Å². The maximum absolute atomic E-state index is 13.4. The first-order chi connectivity index (χ1) is 13.4. The van der Waals surface area contributed by atoms with Gasteiger partial charge in [-0.05, 0) is 56.0 Å². The number of nitrogens with one attached hydrogen (secondary N) is 1. The second-order valence-corrected chi connectivity index (χ2v) is 9.38. The molecule has 1 atom stereocenters. The van der Waals surface area contributed by atoms with E-state index in [9.17, 15) is 9.36 Å². The van der Waals surface area contributed by atoms with E-state index in [1.54, 1.807) is 0 Å². The van der Waals surface area contributed by atoms with Gasteiger partial charge in [-0.3, -0.25) is 9.36 Å². The molecule has 0 aromatic heterocycles. The highest BCUT2D eigenvalue weighted by Gasteiger charge is 2.26. The lowest BCUT2D eigenvalue weighted by molar-refractivity contribution is -0.118. The van der Waals surface area contributed by atoms with Crippen LogP contribution in [0.15, 0.2) is 42.5 Å². The molecule has 1 aliphatic rings. The average Bonchev–Trinajstić information content (AvgIpc) is 2.66. The zero-order valence-electron chi connectivity index (χ0n) is 16.9. The first-order valence-corrected chi connectivity index (χ1v) is 11.8. The van der Waals surface area contributed by atoms with E-state index in [1.807, 2.05) is 61.2 Å². The monoisotopic (exact) mass is 400 g/mol. The molecule has 0 saturated heterocycles. The van der Waals surface area contributed by atoms with E-state index in [0.717, 1.165) is 35.5 Å². The van der Waals surface area contributed by atoms with Crippen molar-refractivity contribution in [3.63, 3.8) is 0 Å². The van der Waals surface area contributed by atoms with Crippen molar-refractivity contribution in [2.45, 2.75) is 46.2 Å². The van der Waals surface area contributed by atoms with E-state index in [-0.39, 0.29) is 5.91 Å². The first kappa shape index (κ1) is 20.6. The predicted octanol–water partition coefficient (Wildman–Crippen LogP) is 5.53. The summed E-state index contributed by atoms with van der Waals surface area (Å²) in [5.74, 6) is 0.175. The summed E-state index contributed by atoms with van der Waals surface area (Å²) in [6.07, 6.45) is 2.48. The Bertz CT molecular complexity index is 880. The normalized spacial score (nSPS) is 15.8. The molecule has 0 aliphatic carbocycles. The van der Waals surface area contributed by atoms with Crippen molar-refractivity contribution in [1.29, 1.82) is 0 Å². The largest absolute Gasteiger partial charge is 0.315 e. The zero-order valence-corrected chi connectivity index (χ0v) is 17.8. The quantitative estimate of drug-likeness (QED) is 0.592. The van der Waals surface area contributed by atoms with E-state index >= 15 is 0 Å². The average molecular weight is 400 g/mol. The van der Waals surface area contributed by atoms with Gasteiger partial charge in [-0.15, -0.1) is 0 Å². The van der Waals surface area contributed by atoms with Crippen LogP contribution < -0.4 is 9.99 Å². The molecule has 0 fully saturated rings. The minimum Gasteiger partial charge on any atom is -0.315 e. The standard InChI is InChI=1S/C22H29N2O3P/c1-4-14-24-21-12-11-20(15-19(21)10-13-22(24)25)23-28(26,27-5-2)16-18-8-6-17(3)7-9-18/h6-9,11-12,15H,4-5,10,13-14,16H2,1-3H3,(H,23,26). The molecule has 5 nitrogen and oxygen atoms in total. The highest BCUT2D eigenvalue weighted by Crippen LogP contribution is 2.50. The van der Waals surface area contributed by atoms with Crippen molar-refractivity contribution >= 4 is 24.8 Å². The van der Waals surface area contributed by atoms with E-state index in [0.29, 0.717) is 25.6 Å². The summed E-state index contributed by atoms with van der Waals surface area (Å²) in [7, 11) is -3.08. The summed E-state index contributed by atoms with van der Waals surface area (Å²) in [6.45, 7) is 7.05. The van der Waals surface area contributed by atoms with Gasteiger partial charge in [0, 0.05) is 24.3 Å². The van der Waals surface area contributed by atoms with Crippen molar-refractivity contribution in [3.8, 4) is 0 Å². The van der Waals surface area contributed by atoms with Crippen LogP contribution in [0.25, 0.3) is 0 Å². The number of carbonyl (C=O) groups is 1. The fourth-order valence-electron chi connectivity index (χ4n) is 3.55. The van der Waals surface area contributed by atoms with Gasteiger partial charge in [0.05, 0.1) is 12.8 Å². The summed E-state index contributed by atoms with van der Waals surface area (Å²) in [6, 6.07) is 13.9. The number of fused-ring (bicyclic) bond motifs is 1. The van der Waals surface area contributed by atoms with Gasteiger partial charge < -0.3 is 14.5 Å². The number of rotatable bonds is 8. The summed E-state index contributed by atoms with van der Waals surface area (Å²) >= 11 is 0. The highest BCUT2D eigenvalue weighted by molar-refractivity contribution is 7.59. The smallest absolute Gasteiger partial charge is 0.298 e. The van der Waals surface area contributed by atoms with E-state index < -0.39 is 7.52 Å². The maximum Gasteiger partial charge on any atom is 0.298 e. The lowest BCUT2D eigenvalue weighted by Crippen LogP contribution is -2.35. The van der Waals surface area contributed by atoms with Crippen molar-refractivity contribution < 1.29 is 13.9 Å². The van der Waals surface area contributed by atoms with E-state index in [4.69, 9.17) is 4.52 Å². The van der Waals surface area contributed by atoms with Crippen LogP contribution in [0.2, 0.25) is 0 Å². The lowest BCUT2D eigenvalue weighted by Gasteiger charge is -2.30. The molecule has 150 valence electrons. The summed E-state index contributed by atoms with van der Waals surface area (Å²) in [5.41, 5.74) is 5.00. The molecule has 2 aromatic rings. The Morgan fingerprint density at radius 3 is 2.54 bits per heavy atom. The topological polar surface area (TPSA) is 58.6 Å². The van der Waals surface area contributed by atoms with Gasteiger partial charge in [0.15, 0.2) is 0 Å². The third-order valence-electron chi connectivity index (χ3n) is 4.88. The molecule has 1 heterocycles. The molecule has 1 amide bonds. The number of amides is 1. The van der Waals surface area contributed by atoms with Crippen LogP contribution in [0.4, 0.5) is 11.4 Å². The number of benzene rings is 2. The summed E-state index contributed by atoms with van der Waals surface area (Å²) < 4.78 is 19.1. The number of carbonyl (C=O) groups excluding carboxylic acids is 1. The van der Waals surface area contributed by atoms with Crippen molar-refractivity contribution in [2.75, 3.05) is 23.1 Å². The van der Waals surface area contributed by atoms with Crippen LogP contribution in [0.5, 0.6) is 0 Å². The van der Waals surface area contributed by atoms with E-state index in [2.05, 4.69) is 12.0 Å². The van der Waals surface area contributed by atoms with Crippen LogP contribution in [-0.4, -0.2) is 19.1 Å². The summed E-state index contributed by atoms with van der Waals surface area (Å²) in [5, 5.41) is 3.16. The molecule has 1 aliphatic heterocycles. The predicted molar refractivity (Wildman–Crippen MR) is 115 cm³/mol. The third-order valence-corrected chi connectivity index (χ3v) is 6.93. The second-order valence-electron chi connectivity index (χ2n) is 7.24. The molecule has 0 radical (unpaired) electrons. The van der Waals surface area contributed by atoms with Crippen molar-refractivity contribution in [3.05, 3.63) is 59.2 Å². The van der Waals surface area contributed by atoms with Gasteiger partial charge in [0.2, 0.25) is 5.91 Å². The Hall–Kier alpha value is -2.10. The van der Waals surface area contributed by atoms with Gasteiger partial charge in [0.25, 0.3) is 7.52 Å². The van der Waals surface area contributed by atoms with Crippen LogP contribution in [0, 0.1) is 6.92 Å². The highest BCUT2D eigenvalue weighted by atomic mass is 31.2. The third kappa shape index (κ3) is 4.84. The van der Waals surface area contributed by atoms with Gasteiger partial charge in [-0.1, -0.05) is 36.8 Å². The maximum atomic E-state index is 13.4. The number of aryl methyl sites for hydroxylation is 2. The van der Waals surface area contributed by atoms with Gasteiger partial charge in [-0.25, -0.2) is 0 Å². The first-order valence-electron chi connectivity index (χ1n) is 9.95.